The minimum atomic E-state index is -0.0261. The molecule has 0 bridgehead atoms. The van der Waals surface area contributed by atoms with Gasteiger partial charge in [0, 0.05) is 24.2 Å². The number of fused-ring (bicyclic) bond motifs is 1. The lowest BCUT2D eigenvalue weighted by Crippen LogP contribution is -2.24. The molecule has 0 fully saturated rings. The number of methoxy groups -OCH3 is 2. The zero-order valence-electron chi connectivity index (χ0n) is 14.5. The number of Topliss-reactive ketones (excluding diaryl/α,β-unsaturated/α-hetero) is 1. The molecule has 0 spiro atoms. The van der Waals surface area contributed by atoms with Gasteiger partial charge in [-0.15, -0.1) is 0 Å². The van der Waals surface area contributed by atoms with Crippen molar-refractivity contribution in [3.8, 4) is 11.5 Å². The van der Waals surface area contributed by atoms with Gasteiger partial charge in [-0.1, -0.05) is 11.6 Å². The maximum absolute atomic E-state index is 13.0. The number of carbonyl (C=O) groups is 1. The van der Waals surface area contributed by atoms with Crippen LogP contribution in [0.2, 0.25) is 5.02 Å². The number of carbonyl (C=O) groups excluding carboxylic acids is 1. The van der Waals surface area contributed by atoms with Gasteiger partial charge in [-0.3, -0.25) is 4.79 Å². The molecule has 4 nitrogen and oxygen atoms in total. The van der Waals surface area contributed by atoms with Gasteiger partial charge < -0.3 is 14.4 Å². The van der Waals surface area contributed by atoms with Gasteiger partial charge in [0.05, 0.1) is 19.9 Å². The van der Waals surface area contributed by atoms with Crippen LogP contribution in [-0.4, -0.2) is 38.5 Å². The Hall–Kier alpha value is -2.46. The summed E-state index contributed by atoms with van der Waals surface area (Å²) in [5.41, 5.74) is 3.36. The SMILES string of the molecule is COc1cc2c(cc1OC)CCN(C)C(C(=O)c1ccc(Cl)cc1)=C2. The third-order valence-electron chi connectivity index (χ3n) is 4.40. The van der Waals surface area contributed by atoms with Gasteiger partial charge in [0.1, 0.15) is 0 Å². The zero-order valence-corrected chi connectivity index (χ0v) is 15.3. The van der Waals surface area contributed by atoms with Crippen LogP contribution in [0.25, 0.3) is 6.08 Å². The Bertz CT molecular complexity index is 828. The van der Waals surface area contributed by atoms with E-state index < -0.39 is 0 Å². The van der Waals surface area contributed by atoms with Gasteiger partial charge in [-0.2, -0.15) is 0 Å². The van der Waals surface area contributed by atoms with E-state index in [4.69, 9.17) is 21.1 Å². The molecule has 2 aromatic carbocycles. The summed E-state index contributed by atoms with van der Waals surface area (Å²) in [7, 11) is 5.16. The van der Waals surface area contributed by atoms with Crippen molar-refractivity contribution in [1.29, 1.82) is 0 Å². The highest BCUT2D eigenvalue weighted by Crippen LogP contribution is 2.34. The summed E-state index contributed by atoms with van der Waals surface area (Å²) < 4.78 is 10.8. The van der Waals surface area contributed by atoms with Crippen molar-refractivity contribution in [2.75, 3.05) is 27.8 Å². The Kier molecular flexibility index (Phi) is 5.00. The van der Waals surface area contributed by atoms with E-state index in [-0.39, 0.29) is 5.78 Å². The Balaban J connectivity index is 2.05. The predicted molar refractivity (Wildman–Crippen MR) is 99.6 cm³/mol. The van der Waals surface area contributed by atoms with E-state index in [0.29, 0.717) is 27.8 Å². The van der Waals surface area contributed by atoms with E-state index in [1.807, 2.05) is 30.2 Å². The minimum Gasteiger partial charge on any atom is -0.493 e. The number of nitrogens with zero attached hydrogens (tertiary/aromatic N) is 1. The third kappa shape index (κ3) is 3.49. The fraction of sp³-hybridized carbons (Fsp3) is 0.250. The number of hydrogen-bond acceptors (Lipinski definition) is 4. The first-order chi connectivity index (χ1) is 12.0. The second-order valence-corrected chi connectivity index (χ2v) is 6.38. The lowest BCUT2D eigenvalue weighted by Gasteiger charge is -2.19. The van der Waals surface area contributed by atoms with Crippen molar-refractivity contribution in [1.82, 2.24) is 4.90 Å². The van der Waals surface area contributed by atoms with Crippen molar-refractivity contribution in [2.24, 2.45) is 0 Å². The van der Waals surface area contributed by atoms with Gasteiger partial charge in [-0.05, 0) is 60.0 Å². The molecule has 25 heavy (non-hydrogen) atoms. The second kappa shape index (κ2) is 7.19. The van der Waals surface area contributed by atoms with Crippen LogP contribution in [0.1, 0.15) is 21.5 Å². The molecule has 3 rings (SSSR count). The normalized spacial score (nSPS) is 13.6. The summed E-state index contributed by atoms with van der Waals surface area (Å²) >= 11 is 5.92. The molecule has 0 N–H and O–H groups in total. The molecule has 5 heteroatoms. The molecular weight excluding hydrogens is 338 g/mol. The van der Waals surface area contributed by atoms with Crippen molar-refractivity contribution < 1.29 is 14.3 Å². The lowest BCUT2D eigenvalue weighted by molar-refractivity contribution is 0.100. The molecule has 0 saturated heterocycles. The molecule has 0 saturated carbocycles. The molecule has 0 radical (unpaired) electrons. The molecule has 0 aliphatic carbocycles. The first-order valence-electron chi connectivity index (χ1n) is 8.01. The maximum atomic E-state index is 13.0. The number of rotatable bonds is 4. The van der Waals surface area contributed by atoms with Crippen LogP contribution in [0, 0.1) is 0 Å². The van der Waals surface area contributed by atoms with Crippen molar-refractivity contribution in [2.45, 2.75) is 6.42 Å². The van der Waals surface area contributed by atoms with Crippen molar-refractivity contribution in [3.05, 3.63) is 63.8 Å². The summed E-state index contributed by atoms with van der Waals surface area (Å²) in [5.74, 6) is 1.33. The molecule has 2 aromatic rings. The zero-order chi connectivity index (χ0) is 18.0. The summed E-state index contributed by atoms with van der Waals surface area (Å²) in [6.45, 7) is 0.744. The largest absolute Gasteiger partial charge is 0.493 e. The molecule has 0 atom stereocenters. The molecule has 1 aliphatic rings. The predicted octanol–water partition coefficient (Wildman–Crippen LogP) is 4.07. The number of benzene rings is 2. The highest BCUT2D eigenvalue weighted by molar-refractivity contribution is 6.30. The third-order valence-corrected chi connectivity index (χ3v) is 4.66. The highest BCUT2D eigenvalue weighted by atomic mass is 35.5. The maximum Gasteiger partial charge on any atom is 0.209 e. The van der Waals surface area contributed by atoms with Crippen molar-refractivity contribution in [3.63, 3.8) is 0 Å². The fourth-order valence-corrected chi connectivity index (χ4v) is 3.07. The number of ketones is 1. The highest BCUT2D eigenvalue weighted by Gasteiger charge is 2.21. The smallest absolute Gasteiger partial charge is 0.209 e. The number of likely N-dealkylation sites (N-methyl/N-ethyl adjacent to an activating group) is 1. The Morgan fingerprint density at radius 3 is 2.36 bits per heavy atom. The monoisotopic (exact) mass is 357 g/mol. The number of hydrogen-bond donors (Lipinski definition) is 0. The average molecular weight is 358 g/mol. The second-order valence-electron chi connectivity index (χ2n) is 5.94. The van der Waals surface area contributed by atoms with E-state index >= 15 is 0 Å². The van der Waals surface area contributed by atoms with Crippen LogP contribution < -0.4 is 9.47 Å². The summed E-state index contributed by atoms with van der Waals surface area (Å²) in [5, 5.41) is 0.613. The Labute approximate surface area is 152 Å². The van der Waals surface area contributed by atoms with E-state index in [9.17, 15) is 4.79 Å². The molecule has 0 amide bonds. The first-order valence-corrected chi connectivity index (χ1v) is 8.39. The number of ether oxygens (including phenoxy) is 2. The molecule has 130 valence electrons. The van der Waals surface area contributed by atoms with Crippen LogP contribution in [0.3, 0.4) is 0 Å². The average Bonchev–Trinajstić information content (AvgIpc) is 2.79. The lowest BCUT2D eigenvalue weighted by atomic mass is 10.0. The number of allylic oxidation sites excluding steroid dienone is 1. The quantitative estimate of drug-likeness (QED) is 0.773. The Morgan fingerprint density at radius 2 is 1.72 bits per heavy atom. The van der Waals surface area contributed by atoms with Gasteiger partial charge in [0.2, 0.25) is 5.78 Å². The van der Waals surface area contributed by atoms with Gasteiger partial charge in [0.25, 0.3) is 0 Å². The van der Waals surface area contributed by atoms with Crippen LogP contribution in [0.15, 0.2) is 42.1 Å². The van der Waals surface area contributed by atoms with E-state index in [1.54, 1.807) is 38.5 Å². The van der Waals surface area contributed by atoms with Crippen LogP contribution in [0.5, 0.6) is 11.5 Å². The summed E-state index contributed by atoms with van der Waals surface area (Å²) in [6, 6.07) is 10.9. The van der Waals surface area contributed by atoms with Crippen molar-refractivity contribution >= 4 is 23.5 Å². The molecular formula is C20H20ClNO3. The minimum absolute atomic E-state index is 0.0261. The summed E-state index contributed by atoms with van der Waals surface area (Å²) in [6.07, 6.45) is 2.74. The fourth-order valence-electron chi connectivity index (χ4n) is 2.94. The van der Waals surface area contributed by atoms with E-state index in [1.165, 1.54) is 0 Å². The summed E-state index contributed by atoms with van der Waals surface area (Å²) in [4.78, 5) is 14.9. The topological polar surface area (TPSA) is 38.8 Å². The number of halogens is 1. The molecule has 0 aromatic heterocycles. The van der Waals surface area contributed by atoms with Gasteiger partial charge in [-0.25, -0.2) is 0 Å². The van der Waals surface area contributed by atoms with E-state index in [0.717, 1.165) is 24.1 Å². The van der Waals surface area contributed by atoms with Gasteiger partial charge in [0.15, 0.2) is 11.5 Å². The Morgan fingerprint density at radius 1 is 1.08 bits per heavy atom. The molecule has 0 unspecified atom stereocenters. The van der Waals surface area contributed by atoms with Crippen LogP contribution in [-0.2, 0) is 6.42 Å². The first kappa shape index (κ1) is 17.4. The standard InChI is InChI=1S/C20H20ClNO3/c1-22-9-8-14-11-18(24-2)19(25-3)12-15(14)10-17(22)20(23)13-4-6-16(21)7-5-13/h4-7,10-12H,8-9H2,1-3H3. The van der Waals surface area contributed by atoms with Gasteiger partial charge >= 0.3 is 0 Å². The van der Waals surface area contributed by atoms with E-state index in [2.05, 4.69) is 0 Å². The molecule has 1 aliphatic heterocycles. The van der Waals surface area contributed by atoms with Crippen LogP contribution >= 0.6 is 11.6 Å². The van der Waals surface area contributed by atoms with Crippen LogP contribution in [0.4, 0.5) is 0 Å². The molecule has 1 heterocycles.